The van der Waals surface area contributed by atoms with Crippen molar-refractivity contribution in [3.8, 4) is 0 Å². The first-order valence-electron chi connectivity index (χ1n) is 7.52. The molecule has 0 unspecified atom stereocenters. The molecular formula is C15H26N2O4. The zero-order chi connectivity index (χ0) is 15.5. The maximum Gasteiger partial charge on any atom is 0.249 e. The second-order valence-electron chi connectivity index (χ2n) is 5.15. The zero-order valence-corrected chi connectivity index (χ0v) is 12.6. The number of carbonyl (C=O) groups is 2. The van der Waals surface area contributed by atoms with Gasteiger partial charge in [-0.3, -0.25) is 9.59 Å². The lowest BCUT2D eigenvalue weighted by Crippen LogP contribution is -2.34. The normalized spacial score (nSPS) is 17.8. The van der Waals surface area contributed by atoms with Crippen molar-refractivity contribution >= 4 is 11.8 Å². The summed E-state index contributed by atoms with van der Waals surface area (Å²) in [7, 11) is 0. The van der Waals surface area contributed by atoms with Crippen LogP contribution in [0.15, 0.2) is 12.2 Å². The van der Waals surface area contributed by atoms with E-state index < -0.39 is 0 Å². The molecule has 1 aliphatic rings. The van der Waals surface area contributed by atoms with Crippen molar-refractivity contribution in [3.63, 3.8) is 0 Å². The summed E-state index contributed by atoms with van der Waals surface area (Å²) >= 11 is 0. The molecule has 6 nitrogen and oxygen atoms in total. The molecule has 1 rings (SSSR count). The summed E-state index contributed by atoms with van der Waals surface area (Å²) in [6.45, 7) is 7.62. The molecule has 0 aromatic carbocycles. The minimum Gasteiger partial charge on any atom is -0.379 e. The average Bonchev–Trinajstić information content (AvgIpc) is 2.51. The fraction of sp³-hybridized carbons (Fsp3) is 0.733. The number of nitrogens with zero attached hydrogens (tertiary/aromatic N) is 1. The Morgan fingerprint density at radius 1 is 1.00 bits per heavy atom. The highest BCUT2D eigenvalue weighted by Crippen LogP contribution is 2.10. The lowest BCUT2D eigenvalue weighted by molar-refractivity contribution is -0.127. The van der Waals surface area contributed by atoms with Crippen LogP contribution in [0.4, 0.5) is 0 Å². The Morgan fingerprint density at radius 2 is 1.57 bits per heavy atom. The predicted molar refractivity (Wildman–Crippen MR) is 79.6 cm³/mol. The largest absolute Gasteiger partial charge is 0.379 e. The van der Waals surface area contributed by atoms with Crippen LogP contribution < -0.4 is 5.73 Å². The Hall–Kier alpha value is -1.40. The molecule has 0 spiro atoms. The van der Waals surface area contributed by atoms with Crippen LogP contribution >= 0.6 is 0 Å². The summed E-state index contributed by atoms with van der Waals surface area (Å²) < 4.78 is 10.8. The van der Waals surface area contributed by atoms with Gasteiger partial charge in [0, 0.05) is 38.3 Å². The third kappa shape index (κ3) is 7.82. The summed E-state index contributed by atoms with van der Waals surface area (Å²) in [5, 5.41) is 0. The highest BCUT2D eigenvalue weighted by atomic mass is 16.5. The topological polar surface area (TPSA) is 81.9 Å². The van der Waals surface area contributed by atoms with E-state index >= 15 is 0 Å². The van der Waals surface area contributed by atoms with Gasteiger partial charge in [-0.15, -0.1) is 0 Å². The number of ether oxygens (including phenoxy) is 2. The molecule has 21 heavy (non-hydrogen) atoms. The molecular weight excluding hydrogens is 272 g/mol. The van der Waals surface area contributed by atoms with E-state index in [1.807, 2.05) is 0 Å². The van der Waals surface area contributed by atoms with Crippen molar-refractivity contribution in [1.29, 1.82) is 0 Å². The van der Waals surface area contributed by atoms with E-state index in [-0.39, 0.29) is 18.2 Å². The summed E-state index contributed by atoms with van der Waals surface area (Å²) in [6.07, 6.45) is 2.97. The van der Waals surface area contributed by atoms with Gasteiger partial charge >= 0.3 is 0 Å². The SMILES string of the molecule is C=C(CCCC(N)=O)C(=O)N1CCCOCCOCCC1. The molecule has 1 aliphatic heterocycles. The van der Waals surface area contributed by atoms with Crippen molar-refractivity contribution in [1.82, 2.24) is 4.90 Å². The standard InChI is InChI=1S/C15H26N2O4/c1-13(5-2-6-14(16)18)15(19)17-7-3-9-20-11-12-21-10-4-8-17/h1-12H2,(H2,16,18). The van der Waals surface area contributed by atoms with E-state index in [1.165, 1.54) is 0 Å². The Labute approximate surface area is 126 Å². The lowest BCUT2D eigenvalue weighted by atomic mass is 10.1. The highest BCUT2D eigenvalue weighted by Gasteiger charge is 2.16. The van der Waals surface area contributed by atoms with Gasteiger partial charge in [0.1, 0.15) is 0 Å². The fourth-order valence-corrected chi connectivity index (χ4v) is 2.16. The number of rotatable bonds is 5. The van der Waals surface area contributed by atoms with E-state index in [0.717, 1.165) is 12.8 Å². The first-order chi connectivity index (χ1) is 10.1. The smallest absolute Gasteiger partial charge is 0.249 e. The minimum absolute atomic E-state index is 0.0429. The molecule has 6 heteroatoms. The first-order valence-corrected chi connectivity index (χ1v) is 7.52. The van der Waals surface area contributed by atoms with Crippen molar-refractivity contribution in [2.45, 2.75) is 32.1 Å². The maximum atomic E-state index is 12.4. The van der Waals surface area contributed by atoms with Crippen molar-refractivity contribution in [2.75, 3.05) is 39.5 Å². The van der Waals surface area contributed by atoms with Crippen LogP contribution in [0.1, 0.15) is 32.1 Å². The van der Waals surface area contributed by atoms with Crippen LogP contribution in [0.3, 0.4) is 0 Å². The van der Waals surface area contributed by atoms with Crippen molar-refractivity contribution in [3.05, 3.63) is 12.2 Å². The summed E-state index contributed by atoms with van der Waals surface area (Å²) in [5.74, 6) is -0.390. The van der Waals surface area contributed by atoms with Gasteiger partial charge in [0.15, 0.2) is 0 Å². The summed E-state index contributed by atoms with van der Waals surface area (Å²) in [6, 6.07) is 0. The highest BCUT2D eigenvalue weighted by molar-refractivity contribution is 5.92. The van der Waals surface area contributed by atoms with Crippen LogP contribution in [0, 0.1) is 0 Å². The molecule has 1 heterocycles. The van der Waals surface area contributed by atoms with Gasteiger partial charge in [0.25, 0.3) is 0 Å². The van der Waals surface area contributed by atoms with Gasteiger partial charge in [-0.1, -0.05) is 6.58 Å². The van der Waals surface area contributed by atoms with E-state index in [4.69, 9.17) is 15.2 Å². The van der Waals surface area contributed by atoms with Gasteiger partial charge in [0.05, 0.1) is 13.2 Å². The van der Waals surface area contributed by atoms with Crippen LogP contribution in [-0.2, 0) is 19.1 Å². The van der Waals surface area contributed by atoms with Crippen LogP contribution in [-0.4, -0.2) is 56.2 Å². The second kappa shape index (κ2) is 10.3. The van der Waals surface area contributed by atoms with E-state index in [2.05, 4.69) is 6.58 Å². The second-order valence-corrected chi connectivity index (χ2v) is 5.15. The molecule has 2 amide bonds. The maximum absolute atomic E-state index is 12.4. The predicted octanol–water partition coefficient (Wildman–Crippen LogP) is 0.854. The first kappa shape index (κ1) is 17.7. The van der Waals surface area contributed by atoms with Crippen LogP contribution in [0.2, 0.25) is 0 Å². The molecule has 0 aromatic heterocycles. The molecule has 0 aliphatic carbocycles. The molecule has 0 aromatic rings. The van der Waals surface area contributed by atoms with Gasteiger partial charge in [-0.2, -0.15) is 0 Å². The van der Waals surface area contributed by atoms with Crippen LogP contribution in [0.5, 0.6) is 0 Å². The van der Waals surface area contributed by atoms with Gasteiger partial charge in [0.2, 0.25) is 11.8 Å². The molecule has 0 atom stereocenters. The van der Waals surface area contributed by atoms with Crippen molar-refractivity contribution in [2.24, 2.45) is 5.73 Å². The summed E-state index contributed by atoms with van der Waals surface area (Å²) in [5.41, 5.74) is 5.63. The third-order valence-corrected chi connectivity index (χ3v) is 3.30. The number of primary amides is 1. The number of carbonyl (C=O) groups excluding carboxylic acids is 2. The quantitative estimate of drug-likeness (QED) is 0.763. The monoisotopic (exact) mass is 298 g/mol. The Kier molecular flexibility index (Phi) is 8.69. The van der Waals surface area contributed by atoms with Crippen LogP contribution in [0.25, 0.3) is 0 Å². The number of hydrogen-bond donors (Lipinski definition) is 1. The van der Waals surface area contributed by atoms with Gasteiger partial charge in [-0.25, -0.2) is 0 Å². The van der Waals surface area contributed by atoms with Gasteiger partial charge < -0.3 is 20.1 Å². The molecule has 120 valence electrons. The average molecular weight is 298 g/mol. The molecule has 2 N–H and O–H groups in total. The molecule has 0 radical (unpaired) electrons. The lowest BCUT2D eigenvalue weighted by Gasteiger charge is -2.23. The minimum atomic E-state index is -0.347. The number of amides is 2. The molecule has 0 saturated carbocycles. The molecule has 1 fully saturated rings. The third-order valence-electron chi connectivity index (χ3n) is 3.30. The number of nitrogens with two attached hydrogens (primary N) is 1. The number of hydrogen-bond acceptors (Lipinski definition) is 4. The zero-order valence-electron chi connectivity index (χ0n) is 12.6. The van der Waals surface area contributed by atoms with Gasteiger partial charge in [-0.05, 0) is 25.7 Å². The van der Waals surface area contributed by atoms with E-state index in [0.29, 0.717) is 57.9 Å². The van der Waals surface area contributed by atoms with E-state index in [1.54, 1.807) is 4.90 Å². The Morgan fingerprint density at radius 3 is 2.10 bits per heavy atom. The van der Waals surface area contributed by atoms with E-state index in [9.17, 15) is 9.59 Å². The van der Waals surface area contributed by atoms with Crippen molar-refractivity contribution < 1.29 is 19.1 Å². The molecule has 1 saturated heterocycles. The Balaban J connectivity index is 2.42. The Bertz CT molecular complexity index is 346. The fourth-order valence-electron chi connectivity index (χ4n) is 2.16. The summed E-state index contributed by atoms with van der Waals surface area (Å²) in [4.78, 5) is 24.9. The molecule has 0 bridgehead atoms.